The van der Waals surface area contributed by atoms with Crippen molar-refractivity contribution in [1.82, 2.24) is 5.32 Å². The first-order valence-corrected chi connectivity index (χ1v) is 5.61. The molecule has 4 heteroatoms. The Morgan fingerprint density at radius 3 is 2.60 bits per heavy atom. The van der Waals surface area contributed by atoms with Gasteiger partial charge in [-0.2, -0.15) is 0 Å². The van der Waals surface area contributed by atoms with Crippen molar-refractivity contribution in [1.29, 1.82) is 0 Å². The second-order valence-electron chi connectivity index (χ2n) is 5.03. The van der Waals surface area contributed by atoms with E-state index in [-0.39, 0.29) is 11.4 Å². The third-order valence-electron chi connectivity index (χ3n) is 2.56. The summed E-state index contributed by atoms with van der Waals surface area (Å²) >= 11 is 0. The number of hydrogen-bond acceptors (Lipinski definition) is 3. The van der Waals surface area contributed by atoms with Crippen LogP contribution in [0, 0.1) is 5.92 Å². The number of carbonyl (C=O) groups is 1. The number of rotatable bonds is 4. The molecule has 3 N–H and O–H groups in total. The van der Waals surface area contributed by atoms with Crippen LogP contribution in [0.2, 0.25) is 0 Å². The van der Waals surface area contributed by atoms with E-state index in [0.29, 0.717) is 18.9 Å². The van der Waals surface area contributed by atoms with Gasteiger partial charge in [0.1, 0.15) is 0 Å². The Hall–Kier alpha value is -0.610. The summed E-state index contributed by atoms with van der Waals surface area (Å²) in [5.74, 6) is 0.597. The minimum Gasteiger partial charge on any atom is -0.381 e. The predicted octanol–water partition coefficient (Wildman–Crippen LogP) is 0.657. The lowest BCUT2D eigenvalue weighted by molar-refractivity contribution is -0.122. The van der Waals surface area contributed by atoms with E-state index < -0.39 is 0 Å². The highest BCUT2D eigenvalue weighted by Crippen LogP contribution is 2.17. The zero-order valence-electron chi connectivity index (χ0n) is 9.71. The summed E-state index contributed by atoms with van der Waals surface area (Å²) in [5, 5.41) is 2.87. The molecule has 0 bridgehead atoms. The van der Waals surface area contributed by atoms with Crippen molar-refractivity contribution in [3.8, 4) is 0 Å². The van der Waals surface area contributed by atoms with Gasteiger partial charge >= 0.3 is 0 Å². The van der Waals surface area contributed by atoms with Crippen LogP contribution in [0.15, 0.2) is 0 Å². The van der Waals surface area contributed by atoms with E-state index in [1.165, 1.54) is 0 Å². The SMILES string of the molecule is CC(C)(N)CNC(=O)CC1CCOCC1. The number of amides is 1. The Morgan fingerprint density at radius 1 is 1.47 bits per heavy atom. The van der Waals surface area contributed by atoms with Crippen LogP contribution in [0.1, 0.15) is 33.1 Å². The van der Waals surface area contributed by atoms with Crippen LogP contribution < -0.4 is 11.1 Å². The van der Waals surface area contributed by atoms with E-state index in [2.05, 4.69) is 5.32 Å². The maximum atomic E-state index is 11.6. The molecule has 1 aliphatic rings. The smallest absolute Gasteiger partial charge is 0.220 e. The highest BCUT2D eigenvalue weighted by atomic mass is 16.5. The molecule has 1 heterocycles. The summed E-state index contributed by atoms with van der Waals surface area (Å²) in [7, 11) is 0. The van der Waals surface area contributed by atoms with Gasteiger partial charge in [-0.1, -0.05) is 0 Å². The van der Waals surface area contributed by atoms with Gasteiger partial charge < -0.3 is 15.8 Å². The van der Waals surface area contributed by atoms with Crippen LogP contribution in [0.4, 0.5) is 0 Å². The van der Waals surface area contributed by atoms with Gasteiger partial charge in [0, 0.05) is 31.7 Å². The zero-order valence-corrected chi connectivity index (χ0v) is 9.71. The normalized spacial score (nSPS) is 18.9. The molecule has 0 radical (unpaired) electrons. The highest BCUT2D eigenvalue weighted by Gasteiger charge is 2.18. The Balaban J connectivity index is 2.17. The molecule has 1 amide bonds. The molecule has 0 unspecified atom stereocenters. The largest absolute Gasteiger partial charge is 0.381 e. The number of nitrogens with two attached hydrogens (primary N) is 1. The Morgan fingerprint density at radius 2 is 2.07 bits per heavy atom. The summed E-state index contributed by atoms with van der Waals surface area (Å²) in [5.41, 5.74) is 5.45. The topological polar surface area (TPSA) is 64.3 Å². The average molecular weight is 214 g/mol. The molecule has 0 aromatic heterocycles. The molecule has 0 aromatic rings. The molecule has 88 valence electrons. The molecule has 15 heavy (non-hydrogen) atoms. The first-order valence-electron chi connectivity index (χ1n) is 5.61. The lowest BCUT2D eigenvalue weighted by atomic mass is 9.96. The molecule has 0 spiro atoms. The van der Waals surface area contributed by atoms with Crippen LogP contribution >= 0.6 is 0 Å². The lowest BCUT2D eigenvalue weighted by Gasteiger charge is -2.23. The summed E-state index contributed by atoms with van der Waals surface area (Å²) in [6, 6.07) is 0. The Labute approximate surface area is 91.5 Å². The molecule has 1 aliphatic heterocycles. The van der Waals surface area contributed by atoms with Crippen molar-refractivity contribution < 1.29 is 9.53 Å². The molecule has 0 saturated carbocycles. The van der Waals surface area contributed by atoms with E-state index in [9.17, 15) is 4.79 Å². The monoisotopic (exact) mass is 214 g/mol. The summed E-state index contributed by atoms with van der Waals surface area (Å²) < 4.78 is 5.24. The minimum absolute atomic E-state index is 0.112. The van der Waals surface area contributed by atoms with Crippen molar-refractivity contribution in [3.05, 3.63) is 0 Å². The lowest BCUT2D eigenvalue weighted by Crippen LogP contribution is -2.45. The third-order valence-corrected chi connectivity index (χ3v) is 2.56. The Kier molecular flexibility index (Phi) is 4.54. The van der Waals surface area contributed by atoms with Gasteiger partial charge in [0.15, 0.2) is 0 Å². The van der Waals surface area contributed by atoms with Crippen molar-refractivity contribution >= 4 is 5.91 Å². The van der Waals surface area contributed by atoms with Gasteiger partial charge in [-0.15, -0.1) is 0 Å². The first kappa shape index (κ1) is 12.5. The van der Waals surface area contributed by atoms with E-state index in [0.717, 1.165) is 26.1 Å². The van der Waals surface area contributed by atoms with Gasteiger partial charge in [0.2, 0.25) is 5.91 Å². The predicted molar refractivity (Wildman–Crippen MR) is 59.4 cm³/mol. The van der Waals surface area contributed by atoms with Crippen LogP contribution in [0.5, 0.6) is 0 Å². The second-order valence-corrected chi connectivity index (χ2v) is 5.03. The van der Waals surface area contributed by atoms with E-state index >= 15 is 0 Å². The quantitative estimate of drug-likeness (QED) is 0.722. The fourth-order valence-corrected chi connectivity index (χ4v) is 1.61. The maximum Gasteiger partial charge on any atom is 0.220 e. The number of ether oxygens (including phenoxy) is 1. The van der Waals surface area contributed by atoms with Gasteiger partial charge in [0.25, 0.3) is 0 Å². The first-order chi connectivity index (χ1) is 6.97. The van der Waals surface area contributed by atoms with Crippen LogP contribution in [-0.4, -0.2) is 31.2 Å². The second kappa shape index (κ2) is 5.47. The van der Waals surface area contributed by atoms with Crippen molar-refractivity contribution in [2.24, 2.45) is 11.7 Å². The summed E-state index contributed by atoms with van der Waals surface area (Å²) in [6.45, 7) is 5.93. The van der Waals surface area contributed by atoms with Gasteiger partial charge in [-0.3, -0.25) is 4.79 Å². The molecule has 1 fully saturated rings. The number of hydrogen-bond donors (Lipinski definition) is 2. The molecule has 1 saturated heterocycles. The van der Waals surface area contributed by atoms with Crippen molar-refractivity contribution in [2.45, 2.75) is 38.6 Å². The molecule has 4 nitrogen and oxygen atoms in total. The molecule has 0 atom stereocenters. The van der Waals surface area contributed by atoms with E-state index in [4.69, 9.17) is 10.5 Å². The third kappa shape index (κ3) is 5.74. The minimum atomic E-state index is -0.328. The average Bonchev–Trinajstić information content (AvgIpc) is 2.15. The van der Waals surface area contributed by atoms with Crippen LogP contribution in [0.25, 0.3) is 0 Å². The molecule has 0 aliphatic carbocycles. The van der Waals surface area contributed by atoms with E-state index in [1.807, 2.05) is 13.8 Å². The maximum absolute atomic E-state index is 11.6. The zero-order chi connectivity index (χ0) is 11.3. The summed E-state index contributed by atoms with van der Waals surface area (Å²) in [4.78, 5) is 11.6. The van der Waals surface area contributed by atoms with Gasteiger partial charge in [-0.25, -0.2) is 0 Å². The molecule has 1 rings (SSSR count). The molecular formula is C11H22N2O2. The standard InChI is InChI=1S/C11H22N2O2/c1-11(2,12)8-13-10(14)7-9-3-5-15-6-4-9/h9H,3-8,12H2,1-2H3,(H,13,14). The number of nitrogens with one attached hydrogen (secondary N) is 1. The fourth-order valence-electron chi connectivity index (χ4n) is 1.61. The summed E-state index contributed by atoms with van der Waals surface area (Å²) in [6.07, 6.45) is 2.61. The fraction of sp³-hybridized carbons (Fsp3) is 0.909. The van der Waals surface area contributed by atoms with Crippen LogP contribution in [-0.2, 0) is 9.53 Å². The number of carbonyl (C=O) groups excluding carboxylic acids is 1. The van der Waals surface area contributed by atoms with Crippen molar-refractivity contribution in [3.63, 3.8) is 0 Å². The van der Waals surface area contributed by atoms with E-state index in [1.54, 1.807) is 0 Å². The van der Waals surface area contributed by atoms with Crippen LogP contribution in [0.3, 0.4) is 0 Å². The van der Waals surface area contributed by atoms with Crippen molar-refractivity contribution in [2.75, 3.05) is 19.8 Å². The Bertz CT molecular complexity index is 205. The molecule has 0 aromatic carbocycles. The van der Waals surface area contributed by atoms with Gasteiger partial charge in [-0.05, 0) is 32.6 Å². The highest BCUT2D eigenvalue weighted by molar-refractivity contribution is 5.76. The molecular weight excluding hydrogens is 192 g/mol. The van der Waals surface area contributed by atoms with Gasteiger partial charge in [0.05, 0.1) is 0 Å².